The van der Waals surface area contributed by atoms with Gasteiger partial charge in [0.15, 0.2) is 0 Å². The van der Waals surface area contributed by atoms with Crippen molar-refractivity contribution in [2.75, 3.05) is 13.7 Å². The molecule has 0 aliphatic rings. The van der Waals surface area contributed by atoms with Gasteiger partial charge in [0.25, 0.3) is 5.56 Å². The average Bonchev–Trinajstić information content (AvgIpc) is 2.71. The van der Waals surface area contributed by atoms with E-state index in [2.05, 4.69) is 9.97 Å². The fourth-order valence-electron chi connectivity index (χ4n) is 2.96. The number of hydrogen-bond acceptors (Lipinski definition) is 4. The number of aromatic nitrogens is 2. The fraction of sp³-hybridized carbons (Fsp3) is 0.286. The minimum Gasteiger partial charge on any atom is -0.497 e. The Morgan fingerprint density at radius 3 is 2.59 bits per heavy atom. The minimum atomic E-state index is -0.186. The molecule has 1 amide bonds. The molecular weight excluding hydrogens is 342 g/mol. The van der Waals surface area contributed by atoms with Crippen molar-refractivity contribution in [3.05, 3.63) is 70.3 Å². The lowest BCUT2D eigenvalue weighted by Crippen LogP contribution is -2.33. The first-order chi connectivity index (χ1) is 13.1. The highest BCUT2D eigenvalue weighted by atomic mass is 16.5. The van der Waals surface area contributed by atoms with E-state index in [9.17, 15) is 9.59 Å². The van der Waals surface area contributed by atoms with E-state index in [1.807, 2.05) is 37.3 Å². The van der Waals surface area contributed by atoms with Crippen LogP contribution in [0.1, 0.15) is 24.7 Å². The summed E-state index contributed by atoms with van der Waals surface area (Å²) < 4.78 is 5.17. The Bertz CT molecular complexity index is 980. The molecule has 3 aromatic rings. The van der Waals surface area contributed by atoms with Crippen molar-refractivity contribution in [1.82, 2.24) is 14.9 Å². The summed E-state index contributed by atoms with van der Waals surface area (Å²) in [5.74, 6) is 1.33. The summed E-state index contributed by atoms with van der Waals surface area (Å²) in [6.07, 6.45) is 1.12. The van der Waals surface area contributed by atoms with Crippen LogP contribution in [0, 0.1) is 0 Å². The maximum absolute atomic E-state index is 12.4. The van der Waals surface area contributed by atoms with Crippen molar-refractivity contribution < 1.29 is 9.53 Å². The van der Waals surface area contributed by atoms with E-state index in [1.165, 1.54) is 0 Å². The van der Waals surface area contributed by atoms with Gasteiger partial charge in [-0.3, -0.25) is 9.59 Å². The van der Waals surface area contributed by atoms with E-state index in [0.717, 1.165) is 11.3 Å². The zero-order chi connectivity index (χ0) is 19.2. The number of carbonyl (C=O) groups is 1. The first kappa shape index (κ1) is 18.6. The third-order valence-corrected chi connectivity index (χ3v) is 4.49. The lowest BCUT2D eigenvalue weighted by atomic mass is 10.1. The Morgan fingerprint density at radius 2 is 1.89 bits per heavy atom. The van der Waals surface area contributed by atoms with Gasteiger partial charge in [-0.15, -0.1) is 0 Å². The molecule has 0 aliphatic carbocycles. The van der Waals surface area contributed by atoms with Gasteiger partial charge in [-0.05, 0) is 36.2 Å². The molecule has 0 spiro atoms. The first-order valence-electron chi connectivity index (χ1n) is 8.99. The van der Waals surface area contributed by atoms with E-state index < -0.39 is 0 Å². The highest BCUT2D eigenvalue weighted by Crippen LogP contribution is 2.13. The molecule has 0 radical (unpaired) electrons. The summed E-state index contributed by atoms with van der Waals surface area (Å²) in [5, 5.41) is 0.549. The molecule has 0 atom stereocenters. The lowest BCUT2D eigenvalue weighted by Gasteiger charge is -2.22. The van der Waals surface area contributed by atoms with Gasteiger partial charge in [0, 0.05) is 13.0 Å². The number of aromatic amines is 1. The summed E-state index contributed by atoms with van der Waals surface area (Å²) in [6, 6.07) is 15.0. The van der Waals surface area contributed by atoms with Gasteiger partial charge in [0.2, 0.25) is 5.91 Å². The van der Waals surface area contributed by atoms with Crippen LogP contribution in [0.4, 0.5) is 0 Å². The summed E-state index contributed by atoms with van der Waals surface area (Å²) in [6.45, 7) is 2.66. The number of hydrogen-bond donors (Lipinski definition) is 1. The SMILES string of the molecule is CCC(=O)N(CCc1ccc(OC)cc1)Cc1nc2ccccc2c(=O)[nH]1. The molecule has 0 saturated heterocycles. The smallest absolute Gasteiger partial charge is 0.258 e. The number of amides is 1. The Labute approximate surface area is 157 Å². The van der Waals surface area contributed by atoms with Crippen molar-refractivity contribution in [2.24, 2.45) is 0 Å². The topological polar surface area (TPSA) is 75.3 Å². The van der Waals surface area contributed by atoms with E-state index >= 15 is 0 Å². The second kappa shape index (κ2) is 8.49. The van der Waals surface area contributed by atoms with Crippen LogP contribution < -0.4 is 10.3 Å². The molecule has 27 heavy (non-hydrogen) atoms. The molecule has 0 unspecified atom stereocenters. The first-order valence-corrected chi connectivity index (χ1v) is 8.99. The number of nitrogens with zero attached hydrogens (tertiary/aromatic N) is 2. The van der Waals surface area contributed by atoms with E-state index in [0.29, 0.717) is 36.1 Å². The molecule has 6 nitrogen and oxygen atoms in total. The molecule has 1 heterocycles. The van der Waals surface area contributed by atoms with Crippen LogP contribution in [-0.4, -0.2) is 34.4 Å². The van der Waals surface area contributed by atoms with E-state index in [4.69, 9.17) is 4.74 Å². The minimum absolute atomic E-state index is 0.0271. The van der Waals surface area contributed by atoms with Crippen LogP contribution in [0.15, 0.2) is 53.3 Å². The predicted octanol–water partition coefficient (Wildman–Crippen LogP) is 2.91. The second-order valence-electron chi connectivity index (χ2n) is 6.30. The number of ether oxygens (including phenoxy) is 1. The number of benzene rings is 2. The van der Waals surface area contributed by atoms with Gasteiger partial charge in [0.05, 0.1) is 24.6 Å². The van der Waals surface area contributed by atoms with Gasteiger partial charge in [-0.1, -0.05) is 31.2 Å². The van der Waals surface area contributed by atoms with Crippen molar-refractivity contribution in [3.63, 3.8) is 0 Å². The summed E-state index contributed by atoms with van der Waals surface area (Å²) in [4.78, 5) is 33.7. The molecule has 0 bridgehead atoms. The fourth-order valence-corrected chi connectivity index (χ4v) is 2.96. The molecule has 0 saturated carbocycles. The zero-order valence-corrected chi connectivity index (χ0v) is 15.6. The van der Waals surface area contributed by atoms with Crippen LogP contribution in [0.2, 0.25) is 0 Å². The number of H-pyrrole nitrogens is 1. The Kier molecular flexibility index (Phi) is 5.86. The number of fused-ring (bicyclic) bond motifs is 1. The number of rotatable bonds is 7. The van der Waals surface area contributed by atoms with Gasteiger partial charge in [-0.25, -0.2) is 4.98 Å². The van der Waals surface area contributed by atoms with E-state index in [1.54, 1.807) is 30.2 Å². The number of para-hydroxylation sites is 1. The van der Waals surface area contributed by atoms with Crippen molar-refractivity contribution in [1.29, 1.82) is 0 Å². The summed E-state index contributed by atoms with van der Waals surface area (Å²) in [7, 11) is 1.63. The molecule has 140 valence electrons. The number of methoxy groups -OCH3 is 1. The Balaban J connectivity index is 1.76. The largest absolute Gasteiger partial charge is 0.497 e. The monoisotopic (exact) mass is 365 g/mol. The Hall–Kier alpha value is -3.15. The third-order valence-electron chi connectivity index (χ3n) is 4.49. The third kappa shape index (κ3) is 4.53. The van der Waals surface area contributed by atoms with Crippen molar-refractivity contribution in [2.45, 2.75) is 26.3 Å². The molecule has 3 rings (SSSR count). The standard InChI is InChI=1S/C21H23N3O3/c1-3-20(25)24(13-12-15-8-10-16(27-2)11-9-15)14-19-22-18-7-5-4-6-17(18)21(26)23-19/h4-11H,3,12-14H2,1-2H3,(H,22,23,26). The van der Waals surface area contributed by atoms with Crippen molar-refractivity contribution >= 4 is 16.8 Å². The zero-order valence-electron chi connectivity index (χ0n) is 15.6. The lowest BCUT2D eigenvalue weighted by molar-refractivity contribution is -0.131. The molecule has 2 aromatic carbocycles. The van der Waals surface area contributed by atoms with Gasteiger partial charge in [-0.2, -0.15) is 0 Å². The molecule has 6 heteroatoms. The molecule has 1 aromatic heterocycles. The Morgan fingerprint density at radius 1 is 1.15 bits per heavy atom. The van der Waals surface area contributed by atoms with Gasteiger partial charge >= 0.3 is 0 Å². The number of nitrogens with one attached hydrogen (secondary N) is 1. The van der Waals surface area contributed by atoms with Crippen molar-refractivity contribution in [3.8, 4) is 5.75 Å². The quantitative estimate of drug-likeness (QED) is 0.698. The number of carbonyl (C=O) groups excluding carboxylic acids is 1. The maximum Gasteiger partial charge on any atom is 0.258 e. The molecule has 0 aliphatic heterocycles. The second-order valence-corrected chi connectivity index (χ2v) is 6.30. The van der Waals surface area contributed by atoms with Crippen LogP contribution in [-0.2, 0) is 17.8 Å². The van der Waals surface area contributed by atoms with Crippen LogP contribution in [0.25, 0.3) is 10.9 Å². The average molecular weight is 365 g/mol. The van der Waals surface area contributed by atoms with E-state index in [-0.39, 0.29) is 18.0 Å². The summed E-state index contributed by atoms with van der Waals surface area (Å²) in [5.41, 5.74) is 1.56. The highest BCUT2D eigenvalue weighted by Gasteiger charge is 2.14. The predicted molar refractivity (Wildman–Crippen MR) is 105 cm³/mol. The molecule has 0 fully saturated rings. The molecular formula is C21H23N3O3. The van der Waals surface area contributed by atoms with Crippen LogP contribution in [0.5, 0.6) is 5.75 Å². The van der Waals surface area contributed by atoms with Crippen LogP contribution in [0.3, 0.4) is 0 Å². The maximum atomic E-state index is 12.4. The normalized spacial score (nSPS) is 10.7. The van der Waals surface area contributed by atoms with Gasteiger partial charge < -0.3 is 14.6 Å². The molecule has 1 N–H and O–H groups in total. The van der Waals surface area contributed by atoms with Gasteiger partial charge in [0.1, 0.15) is 11.6 Å². The summed E-state index contributed by atoms with van der Waals surface area (Å²) >= 11 is 0. The van der Waals surface area contributed by atoms with Crippen LogP contribution >= 0.6 is 0 Å². The highest BCUT2D eigenvalue weighted by molar-refractivity contribution is 5.77.